The van der Waals surface area contributed by atoms with E-state index in [4.69, 9.17) is 5.11 Å². The fourth-order valence-electron chi connectivity index (χ4n) is 1.49. The van der Waals surface area contributed by atoms with E-state index in [1.807, 2.05) is 0 Å². The predicted molar refractivity (Wildman–Crippen MR) is 58.3 cm³/mol. The first-order valence-corrected chi connectivity index (χ1v) is 5.24. The molecule has 19 heavy (non-hydrogen) atoms. The lowest BCUT2D eigenvalue weighted by Gasteiger charge is -2.16. The molecule has 2 rings (SSSR count). The summed E-state index contributed by atoms with van der Waals surface area (Å²) in [6, 6.07) is 4.60. The highest BCUT2D eigenvalue weighted by molar-refractivity contribution is 5.89. The Kier molecular flexibility index (Phi) is 3.09. The molecule has 2 aromatic heterocycles. The molecular formula is C11H9F3N2O3. The molecule has 0 saturated carbocycles. The summed E-state index contributed by atoms with van der Waals surface area (Å²) >= 11 is 0. The van der Waals surface area contributed by atoms with Crippen molar-refractivity contribution < 1.29 is 27.8 Å². The van der Waals surface area contributed by atoms with Gasteiger partial charge >= 0.3 is 12.1 Å². The maximum absolute atomic E-state index is 12.4. The maximum atomic E-state index is 12.4. The second kappa shape index (κ2) is 4.45. The fourth-order valence-corrected chi connectivity index (χ4v) is 1.49. The third-order valence-corrected chi connectivity index (χ3v) is 2.45. The standard InChI is InChI=1S/C11H9F3N2O3/c1-6(11(12,13)14)19-9-8(10(17)18)16-5-3-2-4-7(16)15-9/h2-6H,1H3,(H,17,18). The van der Waals surface area contributed by atoms with Crippen LogP contribution in [0.15, 0.2) is 24.4 Å². The van der Waals surface area contributed by atoms with Crippen LogP contribution in [0.2, 0.25) is 0 Å². The number of pyridine rings is 1. The highest BCUT2D eigenvalue weighted by atomic mass is 19.4. The van der Waals surface area contributed by atoms with Crippen molar-refractivity contribution in [3.8, 4) is 5.88 Å². The number of halogens is 3. The van der Waals surface area contributed by atoms with Crippen molar-refractivity contribution in [2.45, 2.75) is 19.2 Å². The Bertz CT molecular complexity index is 621. The molecule has 0 bridgehead atoms. The summed E-state index contributed by atoms with van der Waals surface area (Å²) in [7, 11) is 0. The molecular weight excluding hydrogens is 265 g/mol. The van der Waals surface area contributed by atoms with E-state index in [-0.39, 0.29) is 5.65 Å². The van der Waals surface area contributed by atoms with Crippen LogP contribution in [0.1, 0.15) is 17.4 Å². The van der Waals surface area contributed by atoms with E-state index >= 15 is 0 Å². The van der Waals surface area contributed by atoms with Crippen molar-refractivity contribution in [2.24, 2.45) is 0 Å². The summed E-state index contributed by atoms with van der Waals surface area (Å²) in [5.41, 5.74) is -0.240. The number of carboxylic acids is 1. The third-order valence-electron chi connectivity index (χ3n) is 2.45. The van der Waals surface area contributed by atoms with Crippen LogP contribution in [-0.4, -0.2) is 32.7 Å². The number of nitrogens with zero attached hydrogens (tertiary/aromatic N) is 2. The number of alkyl halides is 3. The Hall–Kier alpha value is -2.25. The normalized spacial score (nSPS) is 13.5. The van der Waals surface area contributed by atoms with Gasteiger partial charge in [-0.3, -0.25) is 4.40 Å². The molecule has 0 radical (unpaired) electrons. The zero-order chi connectivity index (χ0) is 14.2. The average Bonchev–Trinajstić information content (AvgIpc) is 2.65. The van der Waals surface area contributed by atoms with Crippen molar-refractivity contribution in [1.29, 1.82) is 0 Å². The van der Waals surface area contributed by atoms with Crippen LogP contribution in [0.3, 0.4) is 0 Å². The summed E-state index contributed by atoms with van der Waals surface area (Å²) < 4.78 is 43.0. The first kappa shape index (κ1) is 13.2. The number of fused-ring (bicyclic) bond motifs is 1. The molecule has 1 atom stereocenters. The Morgan fingerprint density at radius 2 is 2.16 bits per heavy atom. The zero-order valence-corrected chi connectivity index (χ0v) is 9.68. The molecule has 2 heterocycles. The van der Waals surface area contributed by atoms with Gasteiger partial charge in [-0.1, -0.05) is 6.07 Å². The number of hydrogen-bond donors (Lipinski definition) is 1. The third kappa shape index (κ3) is 2.47. The quantitative estimate of drug-likeness (QED) is 0.933. The Labute approximate surface area is 105 Å². The lowest BCUT2D eigenvalue weighted by Crippen LogP contribution is -2.31. The molecule has 0 aliphatic rings. The predicted octanol–water partition coefficient (Wildman–Crippen LogP) is 2.36. The van der Waals surface area contributed by atoms with E-state index < -0.39 is 29.8 Å². The number of aromatic nitrogens is 2. The molecule has 0 aliphatic heterocycles. The van der Waals surface area contributed by atoms with Crippen molar-refractivity contribution in [3.63, 3.8) is 0 Å². The molecule has 5 nitrogen and oxygen atoms in total. The lowest BCUT2D eigenvalue weighted by molar-refractivity contribution is -0.190. The van der Waals surface area contributed by atoms with Gasteiger partial charge in [0.1, 0.15) is 5.65 Å². The Balaban J connectivity index is 2.48. The minimum atomic E-state index is -4.59. The highest BCUT2D eigenvalue weighted by Gasteiger charge is 2.39. The summed E-state index contributed by atoms with van der Waals surface area (Å²) in [6.07, 6.45) is -5.35. The van der Waals surface area contributed by atoms with Crippen molar-refractivity contribution in [2.75, 3.05) is 0 Å². The molecule has 0 saturated heterocycles. The monoisotopic (exact) mass is 274 g/mol. The van der Waals surface area contributed by atoms with Gasteiger partial charge in [0, 0.05) is 6.20 Å². The smallest absolute Gasteiger partial charge is 0.425 e. The lowest BCUT2D eigenvalue weighted by atomic mass is 10.4. The topological polar surface area (TPSA) is 63.8 Å². The number of carbonyl (C=O) groups is 1. The van der Waals surface area contributed by atoms with Crippen LogP contribution in [0.25, 0.3) is 5.65 Å². The molecule has 8 heteroatoms. The van der Waals surface area contributed by atoms with Gasteiger partial charge in [0.05, 0.1) is 0 Å². The number of imidazole rings is 1. The van der Waals surface area contributed by atoms with Gasteiger partial charge in [-0.25, -0.2) is 4.79 Å². The molecule has 102 valence electrons. The first-order chi connectivity index (χ1) is 8.80. The average molecular weight is 274 g/mol. The Morgan fingerprint density at radius 3 is 2.74 bits per heavy atom. The minimum Gasteiger partial charge on any atom is -0.476 e. The molecule has 1 N–H and O–H groups in total. The van der Waals surface area contributed by atoms with Crippen molar-refractivity contribution in [1.82, 2.24) is 9.38 Å². The Morgan fingerprint density at radius 1 is 1.47 bits per heavy atom. The van der Waals surface area contributed by atoms with Gasteiger partial charge in [-0.15, -0.1) is 0 Å². The van der Waals surface area contributed by atoms with E-state index in [9.17, 15) is 18.0 Å². The van der Waals surface area contributed by atoms with E-state index in [0.29, 0.717) is 0 Å². The number of hydrogen-bond acceptors (Lipinski definition) is 3. The van der Waals surface area contributed by atoms with Gasteiger partial charge < -0.3 is 9.84 Å². The summed E-state index contributed by atoms with van der Waals surface area (Å²) in [5, 5.41) is 9.05. The van der Waals surface area contributed by atoms with Gasteiger partial charge in [-0.2, -0.15) is 18.2 Å². The van der Waals surface area contributed by atoms with E-state index in [1.165, 1.54) is 18.3 Å². The summed E-state index contributed by atoms with van der Waals surface area (Å²) in [6.45, 7) is 0.787. The fraction of sp³-hybridized carbons (Fsp3) is 0.273. The van der Waals surface area contributed by atoms with Crippen molar-refractivity contribution >= 4 is 11.6 Å². The minimum absolute atomic E-state index is 0.198. The molecule has 0 fully saturated rings. The number of carboxylic acid groups (broad SMARTS) is 1. The van der Waals surface area contributed by atoms with Crippen LogP contribution in [0, 0.1) is 0 Å². The number of aromatic carboxylic acids is 1. The van der Waals surface area contributed by atoms with E-state index in [1.54, 1.807) is 6.07 Å². The second-order valence-corrected chi connectivity index (χ2v) is 3.80. The largest absolute Gasteiger partial charge is 0.476 e. The maximum Gasteiger partial charge on any atom is 0.425 e. The van der Waals surface area contributed by atoms with Gasteiger partial charge in [0.2, 0.25) is 5.88 Å². The number of rotatable bonds is 3. The molecule has 0 aliphatic carbocycles. The van der Waals surface area contributed by atoms with Crippen LogP contribution >= 0.6 is 0 Å². The van der Waals surface area contributed by atoms with Crippen LogP contribution in [-0.2, 0) is 0 Å². The van der Waals surface area contributed by atoms with Crippen LogP contribution in [0.4, 0.5) is 13.2 Å². The zero-order valence-electron chi connectivity index (χ0n) is 9.68. The van der Waals surface area contributed by atoms with E-state index in [2.05, 4.69) is 9.72 Å². The molecule has 2 aromatic rings. The summed E-state index contributed by atoms with van der Waals surface area (Å²) in [4.78, 5) is 14.9. The SMILES string of the molecule is CC(Oc1nc2ccccn2c1C(=O)O)C(F)(F)F. The first-order valence-electron chi connectivity index (χ1n) is 5.24. The molecule has 0 aromatic carbocycles. The molecule has 1 unspecified atom stereocenters. The van der Waals surface area contributed by atoms with E-state index in [0.717, 1.165) is 11.3 Å². The molecule has 0 spiro atoms. The van der Waals surface area contributed by atoms with Crippen LogP contribution in [0.5, 0.6) is 5.88 Å². The second-order valence-electron chi connectivity index (χ2n) is 3.80. The van der Waals surface area contributed by atoms with Crippen LogP contribution < -0.4 is 4.74 Å². The molecule has 0 amide bonds. The van der Waals surface area contributed by atoms with Gasteiger partial charge in [0.15, 0.2) is 11.8 Å². The number of ether oxygens (including phenoxy) is 1. The summed E-state index contributed by atoms with van der Waals surface area (Å²) in [5.74, 6) is -1.97. The van der Waals surface area contributed by atoms with Gasteiger partial charge in [-0.05, 0) is 19.1 Å². The van der Waals surface area contributed by atoms with Gasteiger partial charge in [0.25, 0.3) is 0 Å². The highest BCUT2D eigenvalue weighted by Crippen LogP contribution is 2.27. The van der Waals surface area contributed by atoms with Crippen molar-refractivity contribution in [3.05, 3.63) is 30.1 Å².